The first-order valence-corrected chi connectivity index (χ1v) is 8.31. The predicted molar refractivity (Wildman–Crippen MR) is 103 cm³/mol. The van der Waals surface area contributed by atoms with E-state index >= 15 is 0 Å². The monoisotopic (exact) mass is 390 g/mol. The smallest absolute Gasteiger partial charge is 0.299 e. The summed E-state index contributed by atoms with van der Waals surface area (Å²) in [6.07, 6.45) is 3.18. The fourth-order valence-electron chi connectivity index (χ4n) is 2.43. The minimum Gasteiger partial charge on any atom is -0.299 e. The fraction of sp³-hybridized carbons (Fsp3) is 0.176. The van der Waals surface area contributed by atoms with Gasteiger partial charge in [-0.3, -0.25) is 18.9 Å². The van der Waals surface area contributed by atoms with Crippen molar-refractivity contribution in [2.24, 2.45) is 12.1 Å². The van der Waals surface area contributed by atoms with E-state index in [-0.39, 0.29) is 29.5 Å². The van der Waals surface area contributed by atoms with Gasteiger partial charge in [0.2, 0.25) is 5.95 Å². The number of hydrogen-bond acceptors (Lipinski definition) is 5. The zero-order chi connectivity index (χ0) is 19.6. The maximum Gasteiger partial charge on any atom is 0.329 e. The Morgan fingerprint density at radius 1 is 1.37 bits per heavy atom. The van der Waals surface area contributed by atoms with Crippen LogP contribution in [0.3, 0.4) is 0 Å². The van der Waals surface area contributed by atoms with E-state index in [0.29, 0.717) is 10.6 Å². The van der Waals surface area contributed by atoms with Crippen LogP contribution in [-0.2, 0) is 13.6 Å². The summed E-state index contributed by atoms with van der Waals surface area (Å²) in [5, 5.41) is 4.61. The largest absolute Gasteiger partial charge is 0.329 e. The van der Waals surface area contributed by atoms with Gasteiger partial charge in [0.25, 0.3) is 5.56 Å². The number of nitrogens with one attached hydrogen (secondary N) is 2. The Bertz CT molecular complexity index is 1150. The second kappa shape index (κ2) is 7.58. The molecule has 0 aliphatic heterocycles. The molecule has 1 aromatic carbocycles. The number of anilines is 1. The minimum atomic E-state index is -0.567. The number of imidazole rings is 1. The first kappa shape index (κ1) is 18.6. The van der Waals surface area contributed by atoms with Gasteiger partial charge in [-0.25, -0.2) is 14.6 Å². The number of aryl methyl sites for hydroxylation is 1. The number of nitrogens with zero attached hydrogens (tertiary/aromatic N) is 4. The summed E-state index contributed by atoms with van der Waals surface area (Å²) in [7, 11) is 1.51. The van der Waals surface area contributed by atoms with Crippen LogP contribution in [0.1, 0.15) is 12.5 Å². The molecule has 3 rings (SSSR count). The molecule has 2 aromatic heterocycles. The summed E-state index contributed by atoms with van der Waals surface area (Å²) >= 11 is 5.90. The standard InChI is InChI=1S/C17H16ClFN6O2/c1-10(18)7-8-25-13-14(24(2)17(27)22-15(13)26)21-16(25)23-20-9-11-3-5-12(19)6-4-11/h3-7,9H,8H2,1-2H3,(H,21,23)(H,22,26,27)/b10-7-,20-9+. The lowest BCUT2D eigenvalue weighted by Gasteiger charge is -2.05. The number of rotatable bonds is 5. The second-order valence-corrected chi connectivity index (χ2v) is 6.35. The van der Waals surface area contributed by atoms with Gasteiger partial charge in [-0.1, -0.05) is 29.8 Å². The molecule has 0 saturated heterocycles. The second-order valence-electron chi connectivity index (χ2n) is 5.75. The van der Waals surface area contributed by atoms with E-state index in [4.69, 9.17) is 11.6 Å². The molecule has 0 aliphatic rings. The van der Waals surface area contributed by atoms with Gasteiger partial charge >= 0.3 is 5.69 Å². The molecule has 10 heteroatoms. The van der Waals surface area contributed by atoms with Gasteiger partial charge < -0.3 is 0 Å². The molecular formula is C17H16ClFN6O2. The summed E-state index contributed by atoms with van der Waals surface area (Å²) in [5.74, 6) is -0.0884. The van der Waals surface area contributed by atoms with Gasteiger partial charge in [-0.15, -0.1) is 0 Å². The molecule has 0 atom stereocenters. The summed E-state index contributed by atoms with van der Waals surface area (Å²) in [5.41, 5.74) is 2.72. The topological polar surface area (TPSA) is 97.1 Å². The zero-order valence-electron chi connectivity index (χ0n) is 14.5. The van der Waals surface area contributed by atoms with Gasteiger partial charge in [0, 0.05) is 18.6 Å². The Labute approximate surface area is 157 Å². The summed E-state index contributed by atoms with van der Waals surface area (Å²) in [4.78, 5) is 30.6. The van der Waals surface area contributed by atoms with E-state index in [1.165, 1.54) is 30.0 Å². The molecule has 0 spiro atoms. The fourth-order valence-corrected chi connectivity index (χ4v) is 2.50. The summed E-state index contributed by atoms with van der Waals surface area (Å²) in [6.45, 7) is 1.96. The van der Waals surface area contributed by atoms with Crippen molar-refractivity contribution in [2.75, 3.05) is 5.43 Å². The van der Waals surface area contributed by atoms with E-state index < -0.39 is 11.2 Å². The van der Waals surface area contributed by atoms with E-state index in [0.717, 1.165) is 0 Å². The van der Waals surface area contributed by atoms with Crippen molar-refractivity contribution < 1.29 is 4.39 Å². The Hall–Kier alpha value is -3.20. The Morgan fingerprint density at radius 2 is 2.07 bits per heavy atom. The number of hydrogen-bond donors (Lipinski definition) is 2. The SMILES string of the molecule is C/C(Cl)=C/Cn1c(N/N=C/c2ccc(F)cc2)nc2c1c(=O)[nH]c(=O)n2C. The van der Waals surface area contributed by atoms with Crippen molar-refractivity contribution >= 4 is 34.9 Å². The van der Waals surface area contributed by atoms with Gasteiger partial charge in [-0.05, 0) is 24.6 Å². The Balaban J connectivity index is 2.04. The molecule has 2 heterocycles. The highest BCUT2D eigenvalue weighted by atomic mass is 35.5. The number of benzene rings is 1. The first-order valence-electron chi connectivity index (χ1n) is 7.93. The molecule has 3 aromatic rings. The zero-order valence-corrected chi connectivity index (χ0v) is 15.3. The van der Waals surface area contributed by atoms with Crippen LogP contribution in [0.15, 0.2) is 50.1 Å². The highest BCUT2D eigenvalue weighted by Gasteiger charge is 2.16. The third kappa shape index (κ3) is 3.98. The lowest BCUT2D eigenvalue weighted by Crippen LogP contribution is -2.29. The van der Waals surface area contributed by atoms with E-state index in [9.17, 15) is 14.0 Å². The van der Waals surface area contributed by atoms with Crippen molar-refractivity contribution in [3.05, 3.63) is 67.6 Å². The molecule has 0 radical (unpaired) electrons. The number of allylic oxidation sites excluding steroid dienone is 2. The van der Waals surface area contributed by atoms with Crippen molar-refractivity contribution in [3.63, 3.8) is 0 Å². The average Bonchev–Trinajstić information content (AvgIpc) is 2.99. The highest BCUT2D eigenvalue weighted by Crippen LogP contribution is 2.16. The highest BCUT2D eigenvalue weighted by molar-refractivity contribution is 6.29. The maximum atomic E-state index is 13.0. The van der Waals surface area contributed by atoms with Gasteiger partial charge in [0.05, 0.1) is 6.21 Å². The van der Waals surface area contributed by atoms with Crippen LogP contribution in [0, 0.1) is 5.82 Å². The Kier molecular flexibility index (Phi) is 5.22. The minimum absolute atomic E-state index is 0.212. The lowest BCUT2D eigenvalue weighted by atomic mass is 10.2. The molecule has 0 unspecified atom stereocenters. The molecule has 8 nitrogen and oxygen atoms in total. The van der Waals surface area contributed by atoms with Crippen molar-refractivity contribution in [1.82, 2.24) is 19.1 Å². The van der Waals surface area contributed by atoms with Gasteiger partial charge in [0.1, 0.15) is 5.82 Å². The number of halogens is 2. The van der Waals surface area contributed by atoms with Crippen molar-refractivity contribution in [1.29, 1.82) is 0 Å². The predicted octanol–water partition coefficient (Wildman–Crippen LogP) is 2.15. The third-order valence-corrected chi connectivity index (χ3v) is 3.96. The molecule has 0 bridgehead atoms. The van der Waals surface area contributed by atoms with E-state index in [2.05, 4.69) is 20.5 Å². The Morgan fingerprint density at radius 3 is 2.74 bits per heavy atom. The van der Waals surface area contributed by atoms with Crippen LogP contribution >= 0.6 is 11.6 Å². The average molecular weight is 391 g/mol. The van der Waals surface area contributed by atoms with Crippen LogP contribution in [0.5, 0.6) is 0 Å². The number of H-pyrrole nitrogens is 1. The third-order valence-electron chi connectivity index (χ3n) is 3.81. The molecule has 0 aliphatic carbocycles. The quantitative estimate of drug-likeness (QED) is 0.515. The van der Waals surface area contributed by atoms with Crippen molar-refractivity contribution in [2.45, 2.75) is 13.5 Å². The number of aromatic nitrogens is 4. The van der Waals surface area contributed by atoms with Crippen LogP contribution in [0.25, 0.3) is 11.2 Å². The molecular weight excluding hydrogens is 375 g/mol. The van der Waals surface area contributed by atoms with E-state index in [1.807, 2.05) is 0 Å². The van der Waals surface area contributed by atoms with Crippen LogP contribution in [-0.4, -0.2) is 25.3 Å². The maximum absolute atomic E-state index is 13.0. The molecule has 140 valence electrons. The van der Waals surface area contributed by atoms with Crippen LogP contribution in [0.2, 0.25) is 0 Å². The van der Waals surface area contributed by atoms with Crippen LogP contribution in [0.4, 0.5) is 10.3 Å². The molecule has 2 N–H and O–H groups in total. The number of hydrazone groups is 1. The first-order chi connectivity index (χ1) is 12.9. The van der Waals surface area contributed by atoms with E-state index in [1.54, 1.807) is 29.7 Å². The molecule has 0 fully saturated rings. The summed E-state index contributed by atoms with van der Waals surface area (Å²) < 4.78 is 15.7. The van der Waals surface area contributed by atoms with Gasteiger partial charge in [-0.2, -0.15) is 10.1 Å². The number of aromatic amines is 1. The molecule has 27 heavy (non-hydrogen) atoms. The number of fused-ring (bicyclic) bond motifs is 1. The lowest BCUT2D eigenvalue weighted by molar-refractivity contribution is 0.628. The van der Waals surface area contributed by atoms with Gasteiger partial charge in [0.15, 0.2) is 11.2 Å². The molecule has 0 saturated carbocycles. The summed E-state index contributed by atoms with van der Waals surface area (Å²) in [6, 6.07) is 5.77. The molecule has 0 amide bonds. The van der Waals surface area contributed by atoms with Crippen molar-refractivity contribution in [3.8, 4) is 0 Å². The normalized spacial score (nSPS) is 12.2. The van der Waals surface area contributed by atoms with Crippen LogP contribution < -0.4 is 16.7 Å².